The van der Waals surface area contributed by atoms with Crippen LogP contribution in [0.2, 0.25) is 0 Å². The molecule has 2 aliphatic carbocycles. The van der Waals surface area contributed by atoms with Crippen molar-refractivity contribution in [2.24, 2.45) is 29.6 Å². The summed E-state index contributed by atoms with van der Waals surface area (Å²) < 4.78 is 15.3. The van der Waals surface area contributed by atoms with Crippen molar-refractivity contribution in [3.8, 4) is 0 Å². The summed E-state index contributed by atoms with van der Waals surface area (Å²) in [5, 5.41) is 7.89. The van der Waals surface area contributed by atoms with Crippen LogP contribution in [-0.4, -0.2) is 27.5 Å². The number of amides is 3. The zero-order valence-electron chi connectivity index (χ0n) is 24.2. The summed E-state index contributed by atoms with van der Waals surface area (Å²) in [4.78, 5) is 57.8. The first-order chi connectivity index (χ1) is 22.4. The molecule has 1 saturated heterocycles. The van der Waals surface area contributed by atoms with Gasteiger partial charge in [0.25, 0.3) is 0 Å². The van der Waals surface area contributed by atoms with Crippen LogP contribution in [0.1, 0.15) is 22.1 Å². The van der Waals surface area contributed by atoms with Crippen LogP contribution in [0.5, 0.6) is 0 Å². The number of imide groups is 1. The molecule has 0 spiro atoms. The summed E-state index contributed by atoms with van der Waals surface area (Å²) in [6.07, 6.45) is 0.774. The molecule has 7 nitrogen and oxygen atoms in total. The van der Waals surface area contributed by atoms with Crippen LogP contribution < -0.4 is 15.1 Å². The second-order valence-electron chi connectivity index (χ2n) is 12.5. The molecule has 7 unspecified atom stereocenters. The molecule has 4 aliphatic rings. The van der Waals surface area contributed by atoms with Gasteiger partial charge in [0, 0.05) is 26.6 Å². The van der Waals surface area contributed by atoms with Crippen molar-refractivity contribution in [2.45, 2.75) is 29.2 Å². The Hall–Kier alpha value is -4.06. The SMILES string of the molecule is O=C(Cn1c2c(sc1=O)C(c1cccs1)C1C3CC(C1S2)C1C(=O)N(c2ccc(F)cc2)C(=O)C31)Nc1ccc2ccccc2c1. The van der Waals surface area contributed by atoms with Gasteiger partial charge in [-0.1, -0.05) is 47.7 Å². The van der Waals surface area contributed by atoms with Crippen molar-refractivity contribution in [2.75, 3.05) is 10.2 Å². The molecule has 5 aromatic rings. The van der Waals surface area contributed by atoms with E-state index in [0.29, 0.717) is 11.4 Å². The number of aromatic nitrogens is 1. The Kier molecular flexibility index (Phi) is 6.42. The van der Waals surface area contributed by atoms with E-state index in [9.17, 15) is 23.6 Å². The molecule has 2 aromatic heterocycles. The number of benzene rings is 3. The average molecular weight is 668 g/mol. The standard InChI is InChI=1S/C35H26FN3O4S3/c36-19-8-11-21(12-9-19)39-32(41)27-22-15-23(28(27)33(39)42)30-26(22)29(24-6-3-13-44-24)31-34(45-30)38(35(43)46-31)16-25(40)37-20-10-7-17-4-1-2-5-18(17)14-20/h1-14,22-23,26-30H,15-16H2,(H,37,40). The highest BCUT2D eigenvalue weighted by Gasteiger charge is 2.70. The van der Waals surface area contributed by atoms with E-state index < -0.39 is 17.7 Å². The van der Waals surface area contributed by atoms with Crippen molar-refractivity contribution in [1.29, 1.82) is 0 Å². The molecule has 1 N–H and O–H groups in total. The van der Waals surface area contributed by atoms with Gasteiger partial charge in [0.05, 0.1) is 22.5 Å². The molecule has 7 atom stereocenters. The van der Waals surface area contributed by atoms with Crippen LogP contribution in [0.3, 0.4) is 0 Å². The summed E-state index contributed by atoms with van der Waals surface area (Å²) in [5.74, 6) is -2.09. The minimum absolute atomic E-state index is 0.0135. The molecule has 2 aliphatic heterocycles. The smallest absolute Gasteiger partial charge is 0.308 e. The van der Waals surface area contributed by atoms with Crippen molar-refractivity contribution >= 4 is 74.3 Å². The monoisotopic (exact) mass is 667 g/mol. The molecule has 230 valence electrons. The van der Waals surface area contributed by atoms with E-state index in [1.165, 1.54) is 40.5 Å². The predicted octanol–water partition coefficient (Wildman–Crippen LogP) is 6.58. The number of carbonyl (C=O) groups excluding carboxylic acids is 3. The molecule has 9 rings (SSSR count). The lowest BCUT2D eigenvalue weighted by Crippen LogP contribution is -2.43. The molecule has 46 heavy (non-hydrogen) atoms. The van der Waals surface area contributed by atoms with Crippen LogP contribution in [0.15, 0.2) is 94.1 Å². The van der Waals surface area contributed by atoms with Gasteiger partial charge in [-0.25, -0.2) is 4.39 Å². The van der Waals surface area contributed by atoms with Gasteiger partial charge in [0.2, 0.25) is 17.7 Å². The van der Waals surface area contributed by atoms with Crippen LogP contribution in [0.25, 0.3) is 10.8 Å². The van der Waals surface area contributed by atoms with Gasteiger partial charge in [0.1, 0.15) is 12.4 Å². The maximum absolute atomic E-state index is 13.9. The van der Waals surface area contributed by atoms with E-state index in [1.807, 2.05) is 53.9 Å². The normalized spacial score (nSPS) is 27.6. The summed E-state index contributed by atoms with van der Waals surface area (Å²) >= 11 is 4.43. The van der Waals surface area contributed by atoms with Crippen molar-refractivity contribution in [1.82, 2.24) is 4.57 Å². The summed E-state index contributed by atoms with van der Waals surface area (Å²) in [6, 6.07) is 23.3. The third kappa shape index (κ3) is 4.14. The number of hydrogen-bond donors (Lipinski definition) is 1. The van der Waals surface area contributed by atoms with Crippen molar-refractivity contribution < 1.29 is 18.8 Å². The summed E-state index contributed by atoms with van der Waals surface area (Å²) in [7, 11) is 0. The molecule has 2 saturated carbocycles. The number of rotatable bonds is 5. The molecule has 0 radical (unpaired) electrons. The lowest BCUT2D eigenvalue weighted by Gasteiger charge is -2.42. The van der Waals surface area contributed by atoms with E-state index in [4.69, 9.17) is 0 Å². The minimum atomic E-state index is -0.447. The molecule has 11 heteroatoms. The number of nitrogens with one attached hydrogen (secondary N) is 1. The molecule has 3 aromatic carbocycles. The zero-order valence-corrected chi connectivity index (χ0v) is 26.6. The van der Waals surface area contributed by atoms with Gasteiger partial charge in [-0.15, -0.1) is 23.1 Å². The van der Waals surface area contributed by atoms with Crippen molar-refractivity contribution in [3.05, 3.63) is 109 Å². The number of fused-ring (bicyclic) bond motifs is 10. The Morgan fingerprint density at radius 2 is 1.65 bits per heavy atom. The minimum Gasteiger partial charge on any atom is -0.325 e. The fourth-order valence-electron chi connectivity index (χ4n) is 8.50. The van der Waals surface area contributed by atoms with E-state index in [0.717, 1.165) is 32.0 Å². The third-order valence-electron chi connectivity index (χ3n) is 10.2. The molecule has 3 fully saturated rings. The number of hydrogen-bond acceptors (Lipinski definition) is 7. The van der Waals surface area contributed by atoms with Gasteiger partial charge in [-0.2, -0.15) is 0 Å². The lowest BCUT2D eigenvalue weighted by atomic mass is 9.69. The highest BCUT2D eigenvalue weighted by Crippen LogP contribution is 2.69. The number of carbonyl (C=O) groups is 3. The Balaban J connectivity index is 1.06. The summed E-state index contributed by atoms with van der Waals surface area (Å²) in [6.45, 7) is -0.116. The first-order valence-corrected chi connectivity index (χ1v) is 17.8. The maximum atomic E-state index is 13.9. The molecule has 3 amide bonds. The third-order valence-corrected chi connectivity index (χ3v) is 14.0. The van der Waals surface area contributed by atoms with E-state index in [-0.39, 0.29) is 58.1 Å². The van der Waals surface area contributed by atoms with Crippen molar-refractivity contribution in [3.63, 3.8) is 0 Å². The van der Waals surface area contributed by atoms with E-state index >= 15 is 0 Å². The fourth-order valence-corrected chi connectivity index (χ4v) is 12.6. The van der Waals surface area contributed by atoms with Crippen LogP contribution in [0.4, 0.5) is 15.8 Å². The highest BCUT2D eigenvalue weighted by atomic mass is 32.2. The number of nitrogens with zero attached hydrogens (tertiary/aromatic N) is 2. The second kappa shape index (κ2) is 10.5. The Bertz CT molecular complexity index is 2120. The number of thioether (sulfide) groups is 1. The quantitative estimate of drug-likeness (QED) is 0.214. The number of thiophene rings is 1. The molecular weight excluding hydrogens is 642 g/mol. The van der Waals surface area contributed by atoms with Crippen LogP contribution >= 0.6 is 34.4 Å². The molecule has 2 bridgehead atoms. The van der Waals surface area contributed by atoms with Gasteiger partial charge in [-0.05, 0) is 82.8 Å². The first kappa shape index (κ1) is 28.2. The number of thiazole rings is 1. The highest BCUT2D eigenvalue weighted by molar-refractivity contribution is 8.00. The lowest BCUT2D eigenvalue weighted by molar-refractivity contribution is -0.123. The Labute approximate surface area is 275 Å². The number of anilines is 2. The maximum Gasteiger partial charge on any atom is 0.308 e. The largest absolute Gasteiger partial charge is 0.325 e. The Morgan fingerprint density at radius 1 is 0.891 bits per heavy atom. The molecular formula is C35H26FN3O4S3. The van der Waals surface area contributed by atoms with E-state index in [1.54, 1.807) is 27.7 Å². The van der Waals surface area contributed by atoms with E-state index in [2.05, 4.69) is 11.4 Å². The molecule has 4 heterocycles. The predicted molar refractivity (Wildman–Crippen MR) is 178 cm³/mol. The van der Waals surface area contributed by atoms with Gasteiger partial charge < -0.3 is 5.32 Å². The topological polar surface area (TPSA) is 88.5 Å². The average Bonchev–Trinajstić information content (AvgIpc) is 3.87. The first-order valence-electron chi connectivity index (χ1n) is 15.2. The Morgan fingerprint density at radius 3 is 2.41 bits per heavy atom. The summed E-state index contributed by atoms with van der Waals surface area (Å²) in [5.41, 5.74) is 1.07. The van der Waals surface area contributed by atoms with Crippen LogP contribution in [-0.2, 0) is 20.9 Å². The number of halogens is 1. The van der Waals surface area contributed by atoms with Crippen LogP contribution in [0, 0.1) is 35.4 Å². The van der Waals surface area contributed by atoms with Gasteiger partial charge in [-0.3, -0.25) is 28.6 Å². The second-order valence-corrected chi connectivity index (χ2v) is 15.6. The fraction of sp³-hybridized carbons (Fsp3) is 0.257. The van der Waals surface area contributed by atoms with Gasteiger partial charge >= 0.3 is 4.87 Å². The van der Waals surface area contributed by atoms with Gasteiger partial charge in [0.15, 0.2) is 0 Å². The zero-order chi connectivity index (χ0) is 31.3.